The van der Waals surface area contributed by atoms with Crippen molar-refractivity contribution in [2.24, 2.45) is 9.81 Å². The van der Waals surface area contributed by atoms with Crippen LogP contribution in [0.3, 0.4) is 0 Å². The smallest absolute Gasteiger partial charge is 0.286 e. The predicted octanol–water partition coefficient (Wildman–Crippen LogP) is 4.09. The number of hydrogen-bond donors (Lipinski definition) is 1. The summed E-state index contributed by atoms with van der Waals surface area (Å²) in [6.07, 6.45) is 4.71. The van der Waals surface area contributed by atoms with Crippen molar-refractivity contribution in [1.82, 2.24) is 4.90 Å². The van der Waals surface area contributed by atoms with Gasteiger partial charge in [0, 0.05) is 50.3 Å². The number of hydrogen-bond acceptors (Lipinski definition) is 6. The Kier molecular flexibility index (Phi) is 6.59. The number of benzene rings is 2. The van der Waals surface area contributed by atoms with Gasteiger partial charge in [-0.3, -0.25) is 9.59 Å². The molecule has 1 saturated carbocycles. The van der Waals surface area contributed by atoms with Crippen LogP contribution >= 0.6 is 0 Å². The molecule has 2 aromatic carbocycles. The first-order chi connectivity index (χ1) is 17.2. The normalized spacial score (nSPS) is 20.3. The van der Waals surface area contributed by atoms with Gasteiger partial charge in [0.2, 0.25) is 5.91 Å². The van der Waals surface area contributed by atoms with Crippen molar-refractivity contribution in [3.05, 3.63) is 54.1 Å². The van der Waals surface area contributed by atoms with Gasteiger partial charge in [0.1, 0.15) is 10.7 Å². The second kappa shape index (κ2) is 9.69. The number of carbonyl (C=O) groups excluding carboxylic acids is 2. The van der Waals surface area contributed by atoms with Crippen LogP contribution in [0.15, 0.2) is 57.8 Å². The first kappa shape index (κ1) is 24.5. The van der Waals surface area contributed by atoms with Gasteiger partial charge in [0.25, 0.3) is 10.0 Å². The molecule has 1 amide bonds. The van der Waals surface area contributed by atoms with Crippen LogP contribution in [0, 0.1) is 5.41 Å². The van der Waals surface area contributed by atoms with Crippen LogP contribution in [0.4, 0.5) is 11.4 Å². The van der Waals surface area contributed by atoms with Gasteiger partial charge in [-0.25, -0.2) is 0 Å². The van der Waals surface area contributed by atoms with Crippen LogP contribution in [0.2, 0.25) is 0 Å². The zero-order valence-electron chi connectivity index (χ0n) is 20.6. The average molecular weight is 509 g/mol. The number of fused-ring (bicyclic) bond motifs is 1. The third-order valence-electron chi connectivity index (χ3n) is 7.68. The SMILES string of the molecule is CC(=O)c1ccc(N2CCN(C(=O)CC3(CC4=NS(=O)(=O)c5ccccc5N4)CCCC3)CC2)cc1. The van der Waals surface area contributed by atoms with Crippen LogP contribution in [-0.2, 0) is 14.8 Å². The molecule has 1 aliphatic carbocycles. The summed E-state index contributed by atoms with van der Waals surface area (Å²) >= 11 is 0. The van der Waals surface area contributed by atoms with Crippen LogP contribution in [-0.4, -0.2) is 57.0 Å². The highest BCUT2D eigenvalue weighted by Gasteiger charge is 2.40. The molecular formula is C27H32N4O4S. The van der Waals surface area contributed by atoms with Gasteiger partial charge in [-0.1, -0.05) is 25.0 Å². The van der Waals surface area contributed by atoms with E-state index in [0.717, 1.165) is 44.5 Å². The van der Waals surface area contributed by atoms with Crippen LogP contribution in [0.1, 0.15) is 55.8 Å². The quantitative estimate of drug-likeness (QED) is 0.590. The van der Waals surface area contributed by atoms with E-state index < -0.39 is 10.0 Å². The number of Topliss-reactive ketones (excluding diaryl/α,β-unsaturated/α-hetero) is 1. The lowest BCUT2D eigenvalue weighted by Gasteiger charge is -2.38. The molecule has 2 aromatic rings. The molecular weight excluding hydrogens is 476 g/mol. The molecule has 0 aromatic heterocycles. The first-order valence-corrected chi connectivity index (χ1v) is 14.0. The fourth-order valence-corrected chi connectivity index (χ4v) is 6.84. The van der Waals surface area contributed by atoms with Crippen molar-refractivity contribution in [1.29, 1.82) is 0 Å². The van der Waals surface area contributed by atoms with Crippen molar-refractivity contribution < 1.29 is 18.0 Å². The highest BCUT2D eigenvalue weighted by molar-refractivity contribution is 7.90. The van der Waals surface area contributed by atoms with Crippen molar-refractivity contribution in [3.8, 4) is 0 Å². The number of rotatable bonds is 6. The molecule has 9 heteroatoms. The predicted molar refractivity (Wildman–Crippen MR) is 140 cm³/mol. The molecule has 1 saturated heterocycles. The molecule has 0 bridgehead atoms. The maximum atomic E-state index is 13.4. The minimum absolute atomic E-state index is 0.0500. The lowest BCUT2D eigenvalue weighted by Crippen LogP contribution is -2.49. The van der Waals surface area contributed by atoms with Gasteiger partial charge in [0.15, 0.2) is 5.78 Å². The molecule has 5 rings (SSSR count). The number of anilines is 2. The van der Waals surface area contributed by atoms with E-state index in [9.17, 15) is 18.0 Å². The molecule has 190 valence electrons. The summed E-state index contributed by atoms with van der Waals surface area (Å²) in [5, 5.41) is 3.21. The van der Waals surface area contributed by atoms with E-state index in [1.165, 1.54) is 0 Å². The third kappa shape index (κ3) is 5.02. The van der Waals surface area contributed by atoms with Crippen LogP contribution < -0.4 is 10.2 Å². The number of ketones is 1. The Hall–Kier alpha value is -3.20. The molecule has 1 N–H and O–H groups in total. The summed E-state index contributed by atoms with van der Waals surface area (Å²) in [5.41, 5.74) is 2.03. The average Bonchev–Trinajstić information content (AvgIpc) is 3.31. The number of piperazine rings is 1. The molecule has 0 atom stereocenters. The second-order valence-electron chi connectivity index (χ2n) is 10.2. The summed E-state index contributed by atoms with van der Waals surface area (Å²) in [4.78, 5) is 29.3. The van der Waals surface area contributed by atoms with Crippen LogP contribution in [0.5, 0.6) is 0 Å². The topological polar surface area (TPSA) is 99.2 Å². The maximum absolute atomic E-state index is 13.4. The fraction of sp³-hybridized carbons (Fsp3) is 0.444. The number of amides is 1. The molecule has 2 aliphatic heterocycles. The molecule has 3 aliphatic rings. The van der Waals surface area contributed by atoms with Crippen molar-refractivity contribution in [2.75, 3.05) is 36.4 Å². The highest BCUT2D eigenvalue weighted by Crippen LogP contribution is 2.45. The van der Waals surface area contributed by atoms with Gasteiger partial charge in [-0.2, -0.15) is 8.42 Å². The van der Waals surface area contributed by atoms with E-state index in [1.807, 2.05) is 29.2 Å². The van der Waals surface area contributed by atoms with Gasteiger partial charge < -0.3 is 15.1 Å². The minimum Gasteiger partial charge on any atom is -0.368 e. The van der Waals surface area contributed by atoms with E-state index in [1.54, 1.807) is 31.2 Å². The monoisotopic (exact) mass is 508 g/mol. The summed E-state index contributed by atoms with van der Waals surface area (Å²) < 4.78 is 29.5. The summed E-state index contributed by atoms with van der Waals surface area (Å²) in [5.74, 6) is 0.611. The molecule has 2 fully saturated rings. The number of nitrogens with one attached hydrogen (secondary N) is 1. The molecule has 0 radical (unpaired) electrons. The molecule has 2 heterocycles. The maximum Gasteiger partial charge on any atom is 0.286 e. The Morgan fingerprint density at radius 2 is 1.64 bits per heavy atom. The van der Waals surface area contributed by atoms with Gasteiger partial charge in [0.05, 0.1) is 5.69 Å². The van der Waals surface area contributed by atoms with E-state index in [-0.39, 0.29) is 22.0 Å². The summed E-state index contributed by atoms with van der Waals surface area (Å²) in [7, 11) is -3.74. The second-order valence-corrected chi connectivity index (χ2v) is 11.7. The molecule has 8 nitrogen and oxygen atoms in total. The highest BCUT2D eigenvalue weighted by atomic mass is 32.2. The van der Waals surface area contributed by atoms with E-state index in [2.05, 4.69) is 14.6 Å². The zero-order chi connectivity index (χ0) is 25.3. The summed E-state index contributed by atoms with van der Waals surface area (Å²) in [6.45, 7) is 4.32. The third-order valence-corrected chi connectivity index (χ3v) is 9.05. The van der Waals surface area contributed by atoms with Gasteiger partial charge in [-0.05, 0) is 61.6 Å². The fourth-order valence-electron chi connectivity index (χ4n) is 5.69. The van der Waals surface area contributed by atoms with Crippen LogP contribution in [0.25, 0.3) is 0 Å². The summed E-state index contributed by atoms with van der Waals surface area (Å²) in [6, 6.07) is 14.4. The number of amidine groups is 1. The number of nitrogens with zero attached hydrogens (tertiary/aromatic N) is 3. The molecule has 0 spiro atoms. The Bertz CT molecular complexity index is 1290. The Morgan fingerprint density at radius 1 is 0.972 bits per heavy atom. The lowest BCUT2D eigenvalue weighted by atomic mass is 9.78. The Morgan fingerprint density at radius 3 is 2.31 bits per heavy atom. The lowest BCUT2D eigenvalue weighted by molar-refractivity contribution is -0.133. The molecule has 36 heavy (non-hydrogen) atoms. The largest absolute Gasteiger partial charge is 0.368 e. The molecule has 0 unspecified atom stereocenters. The first-order valence-electron chi connectivity index (χ1n) is 12.6. The number of carbonyl (C=O) groups is 2. The van der Waals surface area contributed by atoms with E-state index in [0.29, 0.717) is 43.0 Å². The van der Waals surface area contributed by atoms with Crippen molar-refractivity contribution in [2.45, 2.75) is 50.3 Å². The van der Waals surface area contributed by atoms with Gasteiger partial charge in [-0.15, -0.1) is 4.40 Å². The standard InChI is InChI=1S/C27H32N4O4S/c1-20(32)21-8-10-22(11-9-21)30-14-16-31(17-15-30)26(33)19-27(12-4-5-13-27)18-25-28-23-6-2-3-7-24(23)36(34,35)29-25/h2-3,6-11H,4-5,12-19H2,1H3,(H,28,29). The Balaban J connectivity index is 1.23. The van der Waals surface area contributed by atoms with E-state index >= 15 is 0 Å². The van der Waals surface area contributed by atoms with Gasteiger partial charge >= 0.3 is 0 Å². The Labute approximate surface area is 212 Å². The number of para-hydroxylation sites is 1. The van der Waals surface area contributed by atoms with Crippen molar-refractivity contribution >= 4 is 38.9 Å². The number of sulfonamides is 1. The van der Waals surface area contributed by atoms with E-state index in [4.69, 9.17) is 0 Å². The van der Waals surface area contributed by atoms with Crippen molar-refractivity contribution in [3.63, 3.8) is 0 Å². The minimum atomic E-state index is -3.74. The zero-order valence-corrected chi connectivity index (χ0v) is 21.4.